The zero-order valence-electron chi connectivity index (χ0n) is 16.9. The van der Waals surface area contributed by atoms with Gasteiger partial charge in [-0.1, -0.05) is 6.42 Å². The van der Waals surface area contributed by atoms with Crippen LogP contribution in [0.1, 0.15) is 38.5 Å². The van der Waals surface area contributed by atoms with E-state index in [-0.39, 0.29) is 11.8 Å². The number of nitrogens with one attached hydrogen (secondary N) is 3. The van der Waals surface area contributed by atoms with Crippen LogP contribution < -0.4 is 27.4 Å². The molecule has 0 aromatic heterocycles. The number of hydrogen-bond donors (Lipinski definition) is 5. The maximum absolute atomic E-state index is 12.4. The minimum Gasteiger partial charge on any atom is -0.382 e. The Balaban J connectivity index is 4.39. The van der Waals surface area contributed by atoms with E-state index in [1.165, 1.54) is 0 Å². The Kier molecular flexibility index (Phi) is 17.3. The summed E-state index contributed by atoms with van der Waals surface area (Å²) >= 11 is 0. The summed E-state index contributed by atoms with van der Waals surface area (Å²) in [5, 5.41) is 8.67. The van der Waals surface area contributed by atoms with E-state index in [9.17, 15) is 9.59 Å². The lowest BCUT2D eigenvalue weighted by atomic mass is 10.1. The van der Waals surface area contributed by atoms with Crippen LogP contribution in [0.3, 0.4) is 0 Å². The van der Waals surface area contributed by atoms with Crippen LogP contribution in [0.15, 0.2) is 0 Å². The van der Waals surface area contributed by atoms with Gasteiger partial charge in [0.2, 0.25) is 11.8 Å². The van der Waals surface area contributed by atoms with Crippen molar-refractivity contribution < 1.29 is 19.1 Å². The number of nitrogens with two attached hydrogens (primary N) is 2. The van der Waals surface area contributed by atoms with E-state index in [0.717, 1.165) is 32.2 Å². The second-order valence-corrected chi connectivity index (χ2v) is 6.45. The number of amides is 2. The van der Waals surface area contributed by atoms with Crippen LogP contribution in [0.25, 0.3) is 0 Å². The highest BCUT2D eigenvalue weighted by Gasteiger charge is 2.23. The van der Waals surface area contributed by atoms with Crippen molar-refractivity contribution in [3.63, 3.8) is 0 Å². The molecule has 0 fully saturated rings. The van der Waals surface area contributed by atoms with Gasteiger partial charge in [0.25, 0.3) is 0 Å². The molecule has 0 aliphatic carbocycles. The maximum Gasteiger partial charge on any atom is 0.242 e. The minimum absolute atomic E-state index is 0.211. The molecule has 0 aromatic rings. The predicted octanol–water partition coefficient (Wildman–Crippen LogP) is -0.904. The van der Waals surface area contributed by atoms with E-state index in [0.29, 0.717) is 45.8 Å². The molecule has 1 unspecified atom stereocenters. The van der Waals surface area contributed by atoms with Crippen LogP contribution in [0.4, 0.5) is 0 Å². The third-order valence-corrected chi connectivity index (χ3v) is 4.09. The highest BCUT2D eigenvalue weighted by Crippen LogP contribution is 2.04. The monoisotopic (exact) mass is 389 g/mol. The number of carbonyl (C=O) groups is 2. The summed E-state index contributed by atoms with van der Waals surface area (Å²) in [5.74, 6) is -0.505. The second-order valence-electron chi connectivity index (χ2n) is 6.45. The maximum atomic E-state index is 12.4. The Morgan fingerprint density at radius 3 is 2.37 bits per heavy atom. The molecule has 27 heavy (non-hydrogen) atoms. The average molecular weight is 390 g/mol. The SMILES string of the molecule is CNCCCC[C@@H](NC(=O)C(N)CCCCN)C(=O)NCCOCCOC. The van der Waals surface area contributed by atoms with E-state index in [1.54, 1.807) is 7.11 Å². The van der Waals surface area contributed by atoms with Gasteiger partial charge in [-0.15, -0.1) is 0 Å². The Labute approximate surface area is 163 Å². The van der Waals surface area contributed by atoms with Gasteiger partial charge in [0, 0.05) is 13.7 Å². The zero-order chi connectivity index (χ0) is 20.3. The van der Waals surface area contributed by atoms with Gasteiger partial charge in [-0.2, -0.15) is 0 Å². The summed E-state index contributed by atoms with van der Waals surface area (Å²) in [4.78, 5) is 24.7. The smallest absolute Gasteiger partial charge is 0.242 e. The van der Waals surface area contributed by atoms with Crippen molar-refractivity contribution in [3.05, 3.63) is 0 Å². The molecule has 0 radical (unpaired) electrons. The molecular weight excluding hydrogens is 350 g/mol. The molecular formula is C18H39N5O4. The molecule has 0 spiro atoms. The summed E-state index contributed by atoms with van der Waals surface area (Å²) in [7, 11) is 3.49. The molecule has 0 aliphatic heterocycles. The number of ether oxygens (including phenoxy) is 2. The summed E-state index contributed by atoms with van der Waals surface area (Å²) in [6.45, 7) is 3.22. The molecule has 2 amide bonds. The van der Waals surface area contributed by atoms with Crippen LogP contribution >= 0.6 is 0 Å². The lowest BCUT2D eigenvalue weighted by molar-refractivity contribution is -0.130. The first kappa shape index (κ1) is 25.7. The Hall–Kier alpha value is -1.26. The second kappa shape index (κ2) is 18.1. The Morgan fingerprint density at radius 1 is 0.963 bits per heavy atom. The van der Waals surface area contributed by atoms with Crippen molar-refractivity contribution >= 4 is 11.8 Å². The first-order valence-electron chi connectivity index (χ1n) is 9.81. The van der Waals surface area contributed by atoms with E-state index in [1.807, 2.05) is 7.05 Å². The third kappa shape index (κ3) is 14.5. The zero-order valence-corrected chi connectivity index (χ0v) is 16.9. The molecule has 9 nitrogen and oxygen atoms in total. The Morgan fingerprint density at radius 2 is 1.70 bits per heavy atom. The van der Waals surface area contributed by atoms with Gasteiger partial charge >= 0.3 is 0 Å². The Bertz CT molecular complexity index is 385. The molecule has 160 valence electrons. The summed E-state index contributed by atoms with van der Waals surface area (Å²) in [5.41, 5.74) is 11.4. The van der Waals surface area contributed by atoms with Crippen LogP contribution in [0.2, 0.25) is 0 Å². The molecule has 9 heteroatoms. The minimum atomic E-state index is -0.624. The molecule has 0 rings (SSSR count). The molecule has 0 saturated heterocycles. The number of methoxy groups -OCH3 is 1. The quantitative estimate of drug-likeness (QED) is 0.191. The molecule has 0 heterocycles. The van der Waals surface area contributed by atoms with Gasteiger partial charge in [0.1, 0.15) is 6.04 Å². The standard InChI is InChI=1S/C18H39N5O4/c1-21-10-6-4-8-16(18(25)22-11-12-27-14-13-26-2)23-17(24)15(20)7-3-5-9-19/h15-16,21H,3-14,19-20H2,1-2H3,(H,22,25)(H,23,24)/t15?,16-/m1/s1. The first-order valence-corrected chi connectivity index (χ1v) is 9.81. The molecule has 0 aromatic carbocycles. The lowest BCUT2D eigenvalue weighted by Crippen LogP contribution is -2.52. The molecule has 2 atom stereocenters. The number of hydrogen-bond acceptors (Lipinski definition) is 7. The fourth-order valence-corrected chi connectivity index (χ4v) is 2.45. The number of rotatable bonds is 18. The fraction of sp³-hybridized carbons (Fsp3) is 0.889. The van der Waals surface area contributed by atoms with Gasteiger partial charge in [0.05, 0.1) is 25.9 Å². The molecule has 0 bridgehead atoms. The van der Waals surface area contributed by atoms with Crippen LogP contribution in [-0.2, 0) is 19.1 Å². The van der Waals surface area contributed by atoms with Crippen molar-refractivity contribution in [1.29, 1.82) is 0 Å². The molecule has 7 N–H and O–H groups in total. The van der Waals surface area contributed by atoms with E-state index in [4.69, 9.17) is 20.9 Å². The van der Waals surface area contributed by atoms with Gasteiger partial charge in [0.15, 0.2) is 0 Å². The van der Waals surface area contributed by atoms with Crippen molar-refractivity contribution in [3.8, 4) is 0 Å². The van der Waals surface area contributed by atoms with Crippen molar-refractivity contribution in [2.24, 2.45) is 11.5 Å². The first-order chi connectivity index (χ1) is 13.1. The lowest BCUT2D eigenvalue weighted by Gasteiger charge is -2.21. The topological polar surface area (TPSA) is 141 Å². The van der Waals surface area contributed by atoms with E-state index < -0.39 is 12.1 Å². The normalized spacial score (nSPS) is 13.2. The van der Waals surface area contributed by atoms with Crippen LogP contribution in [-0.4, -0.2) is 77.5 Å². The van der Waals surface area contributed by atoms with Crippen molar-refractivity contribution in [1.82, 2.24) is 16.0 Å². The van der Waals surface area contributed by atoms with Gasteiger partial charge in [-0.05, 0) is 52.2 Å². The van der Waals surface area contributed by atoms with Gasteiger partial charge in [-0.3, -0.25) is 9.59 Å². The largest absolute Gasteiger partial charge is 0.382 e. The van der Waals surface area contributed by atoms with E-state index >= 15 is 0 Å². The van der Waals surface area contributed by atoms with Gasteiger partial charge < -0.3 is 36.9 Å². The number of unbranched alkanes of at least 4 members (excludes halogenated alkanes) is 2. The molecule has 0 saturated carbocycles. The highest BCUT2D eigenvalue weighted by atomic mass is 16.5. The fourth-order valence-electron chi connectivity index (χ4n) is 2.45. The number of carbonyl (C=O) groups excluding carboxylic acids is 2. The van der Waals surface area contributed by atoms with Gasteiger partial charge in [-0.25, -0.2) is 0 Å². The van der Waals surface area contributed by atoms with Crippen molar-refractivity contribution in [2.45, 2.75) is 50.6 Å². The average Bonchev–Trinajstić information content (AvgIpc) is 2.66. The van der Waals surface area contributed by atoms with E-state index in [2.05, 4.69) is 16.0 Å². The summed E-state index contributed by atoms with van der Waals surface area (Å²) in [6.07, 6.45) is 4.51. The predicted molar refractivity (Wildman–Crippen MR) is 106 cm³/mol. The third-order valence-electron chi connectivity index (χ3n) is 4.09. The van der Waals surface area contributed by atoms with Crippen LogP contribution in [0.5, 0.6) is 0 Å². The summed E-state index contributed by atoms with van der Waals surface area (Å²) < 4.78 is 10.2. The molecule has 0 aliphatic rings. The van der Waals surface area contributed by atoms with Crippen LogP contribution in [0, 0.1) is 0 Å². The highest BCUT2D eigenvalue weighted by molar-refractivity contribution is 5.89. The van der Waals surface area contributed by atoms with Crippen molar-refractivity contribution in [2.75, 3.05) is 53.6 Å². The summed E-state index contributed by atoms with van der Waals surface area (Å²) in [6, 6.07) is -1.21.